The number of hydrogen-bond acceptors (Lipinski definition) is 3. The number of carboxylic acid groups (broad SMARTS) is 1. The second-order valence-electron chi connectivity index (χ2n) is 4.15. The van der Waals surface area contributed by atoms with Crippen molar-refractivity contribution in [3.05, 3.63) is 11.3 Å². The van der Waals surface area contributed by atoms with E-state index in [1.54, 1.807) is 6.92 Å². The molecule has 0 saturated heterocycles. The molecule has 0 amide bonds. The molecule has 1 aliphatic carbocycles. The van der Waals surface area contributed by atoms with Crippen molar-refractivity contribution in [2.24, 2.45) is 5.92 Å². The van der Waals surface area contributed by atoms with E-state index in [-0.39, 0.29) is 18.4 Å². The quantitative estimate of drug-likeness (QED) is 0.682. The van der Waals surface area contributed by atoms with Gasteiger partial charge in [0.1, 0.15) is 5.71 Å². The van der Waals surface area contributed by atoms with Crippen molar-refractivity contribution < 1.29 is 23.1 Å². The lowest BCUT2D eigenvalue weighted by Gasteiger charge is -2.28. The molecule has 0 radical (unpaired) electrons. The molecule has 3 N–H and O–H groups in total. The van der Waals surface area contributed by atoms with Crippen molar-refractivity contribution in [3.8, 4) is 0 Å². The van der Waals surface area contributed by atoms with Gasteiger partial charge < -0.3 is 10.4 Å². The van der Waals surface area contributed by atoms with E-state index in [0.29, 0.717) is 12.2 Å². The van der Waals surface area contributed by atoms with Crippen molar-refractivity contribution in [3.63, 3.8) is 0 Å². The molecule has 0 aliphatic heterocycles. The number of alkyl halides is 3. The summed E-state index contributed by atoms with van der Waals surface area (Å²) in [5, 5.41) is 19.0. The number of carbonyl (C=O) groups is 1. The monoisotopic (exact) mass is 264 g/mol. The molecule has 1 aliphatic rings. The minimum Gasteiger partial charge on any atom is -0.477 e. The Balaban J connectivity index is 3.01. The molecule has 7 heteroatoms. The maximum absolute atomic E-state index is 12.6. The third kappa shape index (κ3) is 3.24. The normalized spacial score (nSPS) is 20.8. The first-order valence-corrected chi connectivity index (χ1v) is 5.62. The lowest BCUT2D eigenvalue weighted by atomic mass is 9.84. The molecule has 0 heterocycles. The Labute approximate surface area is 102 Å². The predicted molar refractivity (Wildman–Crippen MR) is 59.5 cm³/mol. The summed E-state index contributed by atoms with van der Waals surface area (Å²) in [7, 11) is 0. The first-order chi connectivity index (χ1) is 8.27. The SMILES string of the molecule is CCNC1=C(C(=N)C(=O)O)CC(C(F)(F)F)CC1. The summed E-state index contributed by atoms with van der Waals surface area (Å²) in [6.07, 6.45) is -4.72. The number of hydrogen-bond donors (Lipinski definition) is 3. The van der Waals surface area contributed by atoms with Crippen LogP contribution in [0.25, 0.3) is 0 Å². The summed E-state index contributed by atoms with van der Waals surface area (Å²) in [5.41, 5.74) is -0.330. The third-order valence-corrected chi connectivity index (χ3v) is 2.93. The number of aliphatic carboxylic acids is 1. The second kappa shape index (κ2) is 5.41. The Kier molecular flexibility index (Phi) is 4.37. The van der Waals surface area contributed by atoms with E-state index in [1.165, 1.54) is 0 Å². The molecule has 0 spiro atoms. The summed E-state index contributed by atoms with van der Waals surface area (Å²) >= 11 is 0. The number of carboxylic acids is 1. The van der Waals surface area contributed by atoms with E-state index in [2.05, 4.69) is 5.32 Å². The van der Waals surface area contributed by atoms with Gasteiger partial charge in [-0.1, -0.05) is 0 Å². The average molecular weight is 264 g/mol. The summed E-state index contributed by atoms with van der Waals surface area (Å²) in [4.78, 5) is 10.7. The van der Waals surface area contributed by atoms with Crippen molar-refractivity contribution >= 4 is 11.7 Å². The van der Waals surface area contributed by atoms with Crippen LogP contribution in [0.5, 0.6) is 0 Å². The van der Waals surface area contributed by atoms with Crippen LogP contribution in [0.2, 0.25) is 0 Å². The van der Waals surface area contributed by atoms with E-state index in [1.807, 2.05) is 0 Å². The topological polar surface area (TPSA) is 73.2 Å². The van der Waals surface area contributed by atoms with Crippen LogP contribution in [0.4, 0.5) is 13.2 Å². The van der Waals surface area contributed by atoms with Gasteiger partial charge in [0, 0.05) is 17.8 Å². The first-order valence-electron chi connectivity index (χ1n) is 5.62. The molecule has 18 heavy (non-hydrogen) atoms. The van der Waals surface area contributed by atoms with Crippen LogP contribution in [0.1, 0.15) is 26.2 Å². The molecule has 1 atom stereocenters. The Hall–Kier alpha value is -1.53. The van der Waals surface area contributed by atoms with Gasteiger partial charge in [0.05, 0.1) is 5.92 Å². The molecule has 1 unspecified atom stereocenters. The number of halogens is 3. The molecular weight excluding hydrogens is 249 g/mol. The van der Waals surface area contributed by atoms with Gasteiger partial charge in [0.15, 0.2) is 0 Å². The highest BCUT2D eigenvalue weighted by atomic mass is 19.4. The number of rotatable bonds is 4. The van der Waals surface area contributed by atoms with Gasteiger partial charge >= 0.3 is 12.1 Å². The largest absolute Gasteiger partial charge is 0.477 e. The summed E-state index contributed by atoms with van der Waals surface area (Å²) < 4.78 is 37.9. The van der Waals surface area contributed by atoms with E-state index >= 15 is 0 Å². The minimum absolute atomic E-state index is 0.0297. The fraction of sp³-hybridized carbons (Fsp3) is 0.636. The molecule has 0 aromatic heterocycles. The maximum Gasteiger partial charge on any atom is 0.392 e. The Morgan fingerprint density at radius 1 is 1.56 bits per heavy atom. The molecule has 1 rings (SSSR count). The Morgan fingerprint density at radius 3 is 2.61 bits per heavy atom. The summed E-state index contributed by atoms with van der Waals surface area (Å²) in [5.74, 6) is -3.06. The molecule has 0 fully saturated rings. The van der Waals surface area contributed by atoms with E-state index in [4.69, 9.17) is 10.5 Å². The van der Waals surface area contributed by atoms with Gasteiger partial charge in [-0.3, -0.25) is 5.41 Å². The smallest absolute Gasteiger partial charge is 0.392 e. The van der Waals surface area contributed by atoms with Crippen LogP contribution in [0, 0.1) is 11.3 Å². The second-order valence-corrected chi connectivity index (χ2v) is 4.15. The maximum atomic E-state index is 12.6. The minimum atomic E-state index is -4.35. The van der Waals surface area contributed by atoms with Crippen LogP contribution < -0.4 is 5.32 Å². The van der Waals surface area contributed by atoms with Gasteiger partial charge in [0.25, 0.3) is 0 Å². The third-order valence-electron chi connectivity index (χ3n) is 2.93. The molecule has 0 saturated carbocycles. The Morgan fingerprint density at radius 2 is 2.17 bits per heavy atom. The van der Waals surface area contributed by atoms with Gasteiger partial charge in [-0.2, -0.15) is 13.2 Å². The molecule has 0 bridgehead atoms. The molecule has 102 valence electrons. The molecule has 0 aromatic carbocycles. The van der Waals surface area contributed by atoms with Crippen molar-refractivity contribution in [2.45, 2.75) is 32.4 Å². The van der Waals surface area contributed by atoms with Crippen LogP contribution in [-0.4, -0.2) is 29.5 Å². The van der Waals surface area contributed by atoms with Crippen molar-refractivity contribution in [1.29, 1.82) is 5.41 Å². The first kappa shape index (κ1) is 14.5. The van der Waals surface area contributed by atoms with Gasteiger partial charge in [-0.15, -0.1) is 0 Å². The van der Waals surface area contributed by atoms with Crippen LogP contribution in [0.3, 0.4) is 0 Å². The highest BCUT2D eigenvalue weighted by molar-refractivity contribution is 6.41. The van der Waals surface area contributed by atoms with E-state index in [0.717, 1.165) is 0 Å². The summed E-state index contributed by atoms with van der Waals surface area (Å²) in [6.45, 7) is 2.26. The highest BCUT2D eigenvalue weighted by Crippen LogP contribution is 2.39. The molecule has 0 aromatic rings. The molecular formula is C11H15F3N2O2. The van der Waals surface area contributed by atoms with E-state index in [9.17, 15) is 18.0 Å². The fourth-order valence-corrected chi connectivity index (χ4v) is 2.01. The summed E-state index contributed by atoms with van der Waals surface area (Å²) in [6, 6.07) is 0. The lowest BCUT2D eigenvalue weighted by Crippen LogP contribution is -2.33. The Bertz CT molecular complexity index is 388. The standard InChI is InChI=1S/C11H15F3N2O2/c1-2-16-8-4-3-6(11(12,13)14)5-7(8)9(15)10(17)18/h6,15-16H,2-5H2,1H3,(H,17,18). The zero-order valence-electron chi connectivity index (χ0n) is 9.90. The van der Waals surface area contributed by atoms with Gasteiger partial charge in [-0.05, 0) is 26.2 Å². The van der Waals surface area contributed by atoms with E-state index < -0.39 is 30.2 Å². The van der Waals surface area contributed by atoms with Crippen LogP contribution in [0.15, 0.2) is 11.3 Å². The van der Waals surface area contributed by atoms with Gasteiger partial charge in [-0.25, -0.2) is 4.79 Å². The number of allylic oxidation sites excluding steroid dienone is 1. The zero-order chi connectivity index (χ0) is 13.9. The van der Waals surface area contributed by atoms with Crippen molar-refractivity contribution in [1.82, 2.24) is 5.32 Å². The van der Waals surface area contributed by atoms with Gasteiger partial charge in [0.2, 0.25) is 0 Å². The van der Waals surface area contributed by atoms with Crippen LogP contribution in [-0.2, 0) is 4.79 Å². The predicted octanol–water partition coefficient (Wildman–Crippen LogP) is 2.32. The number of nitrogens with one attached hydrogen (secondary N) is 2. The van der Waals surface area contributed by atoms with Crippen molar-refractivity contribution in [2.75, 3.05) is 6.54 Å². The lowest BCUT2D eigenvalue weighted by molar-refractivity contribution is -0.176. The fourth-order valence-electron chi connectivity index (χ4n) is 2.01. The molecule has 4 nitrogen and oxygen atoms in total. The zero-order valence-corrected chi connectivity index (χ0v) is 9.90. The average Bonchev–Trinajstić information content (AvgIpc) is 2.27. The highest BCUT2D eigenvalue weighted by Gasteiger charge is 2.42. The van der Waals surface area contributed by atoms with Crippen LogP contribution >= 0.6 is 0 Å².